The number of carbonyl (C=O) groups excluding carboxylic acids is 1. The lowest BCUT2D eigenvalue weighted by atomic mass is 10.1. The molecular formula is C21H19F2N7O. The van der Waals surface area contributed by atoms with Gasteiger partial charge in [0.1, 0.15) is 11.3 Å². The molecule has 31 heavy (non-hydrogen) atoms. The first-order valence-electron chi connectivity index (χ1n) is 9.46. The minimum Gasteiger partial charge on any atom is -0.362 e. The van der Waals surface area contributed by atoms with E-state index in [1.165, 1.54) is 6.20 Å². The number of aryl methyl sites for hydroxylation is 1. The van der Waals surface area contributed by atoms with Gasteiger partial charge in [-0.05, 0) is 30.7 Å². The molecule has 3 heterocycles. The van der Waals surface area contributed by atoms with Crippen LogP contribution < -0.4 is 10.6 Å². The van der Waals surface area contributed by atoms with Crippen molar-refractivity contribution >= 4 is 28.6 Å². The molecule has 158 valence electrons. The van der Waals surface area contributed by atoms with E-state index in [9.17, 15) is 13.6 Å². The molecular weight excluding hydrogens is 404 g/mol. The fourth-order valence-electron chi connectivity index (χ4n) is 3.08. The van der Waals surface area contributed by atoms with Crippen LogP contribution in [0.5, 0.6) is 0 Å². The van der Waals surface area contributed by atoms with E-state index in [-0.39, 0.29) is 17.2 Å². The first kappa shape index (κ1) is 20.3. The Morgan fingerprint density at radius 3 is 2.74 bits per heavy atom. The molecule has 0 spiro atoms. The average Bonchev–Trinajstić information content (AvgIpc) is 3.14. The number of anilines is 2. The summed E-state index contributed by atoms with van der Waals surface area (Å²) in [5.41, 5.74) is 2.56. The number of amides is 1. The lowest BCUT2D eigenvalue weighted by molar-refractivity contribution is 0.102. The van der Waals surface area contributed by atoms with Crippen LogP contribution in [0, 0.1) is 0 Å². The number of fused-ring (bicyclic) bond motifs is 1. The molecule has 1 atom stereocenters. The second kappa shape index (κ2) is 8.42. The summed E-state index contributed by atoms with van der Waals surface area (Å²) in [5.74, 6) is 0.0771. The molecule has 0 saturated heterocycles. The van der Waals surface area contributed by atoms with Crippen LogP contribution in [0.3, 0.4) is 0 Å². The van der Waals surface area contributed by atoms with Crippen molar-refractivity contribution in [1.29, 1.82) is 0 Å². The zero-order valence-corrected chi connectivity index (χ0v) is 16.8. The lowest BCUT2D eigenvalue weighted by Gasteiger charge is -2.16. The van der Waals surface area contributed by atoms with Gasteiger partial charge in [0.2, 0.25) is 0 Å². The van der Waals surface area contributed by atoms with Gasteiger partial charge in [-0.2, -0.15) is 5.10 Å². The number of nitrogens with one attached hydrogen (secondary N) is 2. The molecule has 0 fully saturated rings. The summed E-state index contributed by atoms with van der Waals surface area (Å²) in [6.45, 7) is 1.95. The quantitative estimate of drug-likeness (QED) is 0.484. The molecule has 0 bridgehead atoms. The molecule has 1 aromatic carbocycles. The minimum atomic E-state index is -2.69. The number of rotatable bonds is 6. The van der Waals surface area contributed by atoms with Gasteiger partial charge in [0.25, 0.3) is 12.3 Å². The highest BCUT2D eigenvalue weighted by Gasteiger charge is 2.14. The van der Waals surface area contributed by atoms with Crippen LogP contribution in [0.15, 0.2) is 55.1 Å². The number of alkyl halides is 2. The number of pyridine rings is 1. The minimum absolute atomic E-state index is 0.0640. The molecule has 10 heteroatoms. The number of hydrogen-bond acceptors (Lipinski definition) is 6. The van der Waals surface area contributed by atoms with Crippen molar-refractivity contribution in [2.45, 2.75) is 19.4 Å². The second-order valence-corrected chi connectivity index (χ2v) is 6.99. The molecule has 3 aromatic heterocycles. The van der Waals surface area contributed by atoms with E-state index >= 15 is 0 Å². The van der Waals surface area contributed by atoms with Gasteiger partial charge in [0.15, 0.2) is 5.65 Å². The van der Waals surface area contributed by atoms with E-state index < -0.39 is 12.3 Å². The maximum atomic E-state index is 12.9. The monoisotopic (exact) mass is 423 g/mol. The van der Waals surface area contributed by atoms with Gasteiger partial charge in [-0.3, -0.25) is 9.78 Å². The van der Waals surface area contributed by atoms with Gasteiger partial charge in [-0.25, -0.2) is 23.4 Å². The van der Waals surface area contributed by atoms with Crippen molar-refractivity contribution in [3.05, 3.63) is 71.8 Å². The van der Waals surface area contributed by atoms with Gasteiger partial charge in [-0.15, -0.1) is 0 Å². The summed E-state index contributed by atoms with van der Waals surface area (Å²) >= 11 is 0. The van der Waals surface area contributed by atoms with Crippen molar-refractivity contribution in [3.63, 3.8) is 0 Å². The average molecular weight is 423 g/mol. The van der Waals surface area contributed by atoms with Crippen LogP contribution in [0.25, 0.3) is 11.2 Å². The third-order valence-electron chi connectivity index (χ3n) is 4.72. The summed E-state index contributed by atoms with van der Waals surface area (Å²) in [5, 5.41) is 10.1. The zero-order chi connectivity index (χ0) is 22.0. The Morgan fingerprint density at radius 2 is 1.94 bits per heavy atom. The van der Waals surface area contributed by atoms with Crippen LogP contribution >= 0.6 is 0 Å². The summed E-state index contributed by atoms with van der Waals surface area (Å²) < 4.78 is 27.4. The smallest absolute Gasteiger partial charge is 0.265 e. The molecule has 1 amide bonds. The Morgan fingerprint density at radius 1 is 1.10 bits per heavy atom. The molecule has 0 unspecified atom stereocenters. The highest BCUT2D eigenvalue weighted by Crippen LogP contribution is 2.23. The van der Waals surface area contributed by atoms with E-state index in [1.807, 2.05) is 13.0 Å². The third-order valence-corrected chi connectivity index (χ3v) is 4.72. The molecule has 0 radical (unpaired) electrons. The topological polar surface area (TPSA) is 97.6 Å². The Labute approximate surface area is 176 Å². The van der Waals surface area contributed by atoms with Gasteiger partial charge < -0.3 is 10.6 Å². The Balaban J connectivity index is 1.48. The first-order valence-corrected chi connectivity index (χ1v) is 9.46. The van der Waals surface area contributed by atoms with Crippen LogP contribution in [-0.4, -0.2) is 30.6 Å². The van der Waals surface area contributed by atoms with E-state index in [0.29, 0.717) is 22.7 Å². The molecule has 0 aliphatic heterocycles. The third kappa shape index (κ3) is 4.47. The number of halogens is 2. The number of benzene rings is 1. The van der Waals surface area contributed by atoms with E-state index in [2.05, 4.69) is 30.7 Å². The summed E-state index contributed by atoms with van der Waals surface area (Å²) in [7, 11) is 1.79. The van der Waals surface area contributed by atoms with Crippen LogP contribution in [0.1, 0.15) is 40.9 Å². The maximum absolute atomic E-state index is 12.9. The standard InChI is InChI=1S/C21H19F2N7O/c1-12(27-18-11-25-17-10-26-30(2)20(17)29-18)13-4-3-5-16(7-13)28-21(31)15-6-14(19(22)23)8-24-9-15/h3-12,19H,1-2H3,(H,27,29)(H,28,31)/t12-/m0/s1. The molecule has 4 aromatic rings. The predicted octanol–water partition coefficient (Wildman–Crippen LogP) is 4.12. The molecule has 0 aliphatic carbocycles. The van der Waals surface area contributed by atoms with E-state index in [0.717, 1.165) is 17.8 Å². The van der Waals surface area contributed by atoms with Crippen LogP contribution in [0.2, 0.25) is 0 Å². The molecule has 0 aliphatic rings. The first-order chi connectivity index (χ1) is 14.9. The summed E-state index contributed by atoms with van der Waals surface area (Å²) in [4.78, 5) is 25.0. The van der Waals surface area contributed by atoms with Crippen molar-refractivity contribution in [1.82, 2.24) is 24.7 Å². The van der Waals surface area contributed by atoms with Crippen molar-refractivity contribution in [3.8, 4) is 0 Å². The van der Waals surface area contributed by atoms with Gasteiger partial charge in [0, 0.05) is 30.7 Å². The largest absolute Gasteiger partial charge is 0.362 e. The van der Waals surface area contributed by atoms with Gasteiger partial charge in [0.05, 0.1) is 24.0 Å². The maximum Gasteiger partial charge on any atom is 0.265 e. The summed E-state index contributed by atoms with van der Waals surface area (Å²) in [6, 6.07) is 8.22. The predicted molar refractivity (Wildman–Crippen MR) is 112 cm³/mol. The summed E-state index contributed by atoms with van der Waals surface area (Å²) in [6.07, 6.45) is 2.89. The Bertz CT molecular complexity index is 1240. The second-order valence-electron chi connectivity index (χ2n) is 6.99. The fraction of sp³-hybridized carbons (Fsp3) is 0.190. The van der Waals surface area contributed by atoms with Crippen LogP contribution in [-0.2, 0) is 7.05 Å². The molecule has 2 N–H and O–H groups in total. The Hall–Kier alpha value is -3.95. The van der Waals surface area contributed by atoms with Crippen LogP contribution in [0.4, 0.5) is 20.3 Å². The number of carbonyl (C=O) groups is 1. The molecule has 4 rings (SSSR count). The molecule has 8 nitrogen and oxygen atoms in total. The number of nitrogens with zero attached hydrogens (tertiary/aromatic N) is 5. The van der Waals surface area contributed by atoms with Gasteiger partial charge >= 0.3 is 0 Å². The van der Waals surface area contributed by atoms with Crippen molar-refractivity contribution < 1.29 is 13.6 Å². The Kier molecular flexibility index (Phi) is 5.52. The van der Waals surface area contributed by atoms with E-state index in [4.69, 9.17) is 0 Å². The van der Waals surface area contributed by atoms with Crippen molar-refractivity contribution in [2.75, 3.05) is 10.6 Å². The molecule has 0 saturated carbocycles. The number of hydrogen-bond donors (Lipinski definition) is 2. The zero-order valence-electron chi connectivity index (χ0n) is 16.8. The van der Waals surface area contributed by atoms with Gasteiger partial charge in [-0.1, -0.05) is 12.1 Å². The highest BCUT2D eigenvalue weighted by atomic mass is 19.3. The highest BCUT2D eigenvalue weighted by molar-refractivity contribution is 6.04. The lowest BCUT2D eigenvalue weighted by Crippen LogP contribution is -2.14. The normalized spacial score (nSPS) is 12.2. The van der Waals surface area contributed by atoms with E-state index in [1.54, 1.807) is 42.3 Å². The van der Waals surface area contributed by atoms with Crippen molar-refractivity contribution in [2.24, 2.45) is 7.05 Å². The number of aromatic nitrogens is 5. The fourth-order valence-corrected chi connectivity index (χ4v) is 3.08. The SMILES string of the molecule is C[C@H](Nc1cnc2cnn(C)c2n1)c1cccc(NC(=O)c2cncc(C(F)F)c2)c1.